The Hall–Kier alpha value is -1.24. The fraction of sp³-hybridized carbons (Fsp3) is 0.958. The van der Waals surface area contributed by atoms with Gasteiger partial charge < -0.3 is 39.6 Å². The van der Waals surface area contributed by atoms with E-state index in [9.17, 15) is 39.6 Å². The van der Waals surface area contributed by atoms with Crippen molar-refractivity contribution in [3.63, 3.8) is 0 Å². The van der Waals surface area contributed by atoms with E-state index in [0.29, 0.717) is 0 Å². The summed E-state index contributed by atoms with van der Waals surface area (Å²) in [6, 6.07) is 0. The van der Waals surface area contributed by atoms with E-state index in [1.54, 1.807) is 0 Å². The van der Waals surface area contributed by atoms with Crippen LogP contribution in [0.15, 0.2) is 0 Å². The number of rotatable bonds is 88. The normalized spacial score (nSPS) is 11.0. The van der Waals surface area contributed by atoms with Crippen LogP contribution in [0.2, 0.25) is 0 Å². The first-order valence-electron chi connectivity index (χ1n) is 47.9. The molecule has 0 saturated heterocycles. The fourth-order valence-corrected chi connectivity index (χ4v) is 14.8. The van der Waals surface area contributed by atoms with Gasteiger partial charge in [-0.2, -0.15) is 0 Å². The molecule has 0 N–H and O–H groups in total. The van der Waals surface area contributed by atoms with E-state index in [4.69, 9.17) is 0 Å². The molecule has 0 rings (SSSR count). The van der Waals surface area contributed by atoms with Crippen LogP contribution in [0, 0.1) is 0 Å². The number of carboxylic acid groups (broad SMARTS) is 4. The molecule has 0 heterocycles. The molecule has 0 saturated carbocycles. The molecule has 0 aromatic carbocycles. The molecule has 9 heteroatoms. The van der Waals surface area contributed by atoms with Gasteiger partial charge in [-0.3, -0.25) is 0 Å². The van der Waals surface area contributed by atoms with Crippen LogP contribution in [-0.4, -0.2) is 23.9 Å². The summed E-state index contributed by atoms with van der Waals surface area (Å²) in [5.41, 5.74) is 0. The molecule has 0 aliphatic carbocycles. The van der Waals surface area contributed by atoms with Crippen molar-refractivity contribution >= 4 is 23.9 Å². The summed E-state index contributed by atoms with van der Waals surface area (Å²) in [4.78, 5) is 41.2. The molecular weight excluding hydrogens is 1370 g/mol. The van der Waals surface area contributed by atoms with Gasteiger partial charge in [-0.05, 0) is 51.4 Å². The molecule has 105 heavy (non-hydrogen) atoms. The van der Waals surface area contributed by atoms with E-state index in [1.807, 2.05) is 0 Å². The minimum absolute atomic E-state index is 0. The molecule has 0 aromatic heterocycles. The van der Waals surface area contributed by atoms with E-state index >= 15 is 0 Å². The van der Waals surface area contributed by atoms with Gasteiger partial charge in [0.15, 0.2) is 0 Å². The second kappa shape index (κ2) is 109. The van der Waals surface area contributed by atoms with Crippen molar-refractivity contribution in [1.82, 2.24) is 0 Å². The molecule has 0 unspecified atom stereocenters. The monoisotopic (exact) mass is 1560 g/mol. The summed E-state index contributed by atoms with van der Waals surface area (Å²) < 4.78 is 0. The molecule has 0 aliphatic rings. The number of carbonyl (C=O) groups excluding carboxylic acids is 4. The van der Waals surface area contributed by atoms with Gasteiger partial charge >= 0.3 is 26.2 Å². The Morgan fingerprint density at radius 3 is 0.238 bits per heavy atom. The van der Waals surface area contributed by atoms with Gasteiger partial charge in [-0.15, -0.1) is 0 Å². The van der Waals surface area contributed by atoms with Crippen molar-refractivity contribution in [3.05, 3.63) is 0 Å². The molecule has 0 amide bonds. The smallest absolute Gasteiger partial charge is 0.550 e. The van der Waals surface area contributed by atoms with Crippen molar-refractivity contribution in [1.29, 1.82) is 0 Å². The summed E-state index contributed by atoms with van der Waals surface area (Å²) in [7, 11) is 0. The number of aliphatic carboxylic acids is 4. The van der Waals surface area contributed by atoms with Gasteiger partial charge in [0.05, 0.1) is 0 Å². The average molecular weight is 1560 g/mol. The summed E-state index contributed by atoms with van der Waals surface area (Å²) in [5, 5.41) is 41.2. The molecule has 0 radical (unpaired) electrons. The maximum atomic E-state index is 10.3. The van der Waals surface area contributed by atoms with Gasteiger partial charge in [0.1, 0.15) is 0 Å². The first kappa shape index (κ1) is 112. The number of carboxylic acids is 4. The van der Waals surface area contributed by atoms with Crippen LogP contribution in [0.3, 0.4) is 0 Å². The van der Waals surface area contributed by atoms with Gasteiger partial charge in [0.25, 0.3) is 0 Å². The molecule has 8 nitrogen and oxygen atoms in total. The van der Waals surface area contributed by atoms with E-state index in [1.165, 1.54) is 488 Å². The van der Waals surface area contributed by atoms with E-state index in [2.05, 4.69) is 27.7 Å². The number of hydrogen-bond donors (Lipinski definition) is 0. The summed E-state index contributed by atoms with van der Waals surface area (Å²) >= 11 is 0. The van der Waals surface area contributed by atoms with E-state index in [-0.39, 0.29) is 51.9 Å². The maximum absolute atomic E-state index is 10.3. The van der Waals surface area contributed by atoms with Crippen LogP contribution >= 0.6 is 0 Å². The SMILES string of the molecule is CCCCCCCCCCCCCCCCCCCCCCCC(=O)[O-].CCCCCCCCCCCCCCCCCCCCCCCC(=O)[O-].CCCCCCCCCCCCCCCCCCCCCCCC(=O)[O-].CCCCCCCCCCCCCCCCCCCCCCCC(=O)[O-].[Zr+4]. The Kier molecular flexibility index (Phi) is 117. The van der Waals surface area contributed by atoms with Gasteiger partial charge in [0, 0.05) is 23.9 Å². The topological polar surface area (TPSA) is 161 Å². The predicted molar refractivity (Wildman–Crippen MR) is 449 cm³/mol. The molecule has 624 valence electrons. The molecule has 0 aromatic rings. The minimum Gasteiger partial charge on any atom is -0.550 e. The van der Waals surface area contributed by atoms with Crippen molar-refractivity contribution in [2.45, 2.75) is 593 Å². The molecular formula is C96H188O8Zr. The number of hydrogen-bond acceptors (Lipinski definition) is 8. The zero-order valence-electron chi connectivity index (χ0n) is 72.0. The third kappa shape index (κ3) is 127. The maximum Gasteiger partial charge on any atom is 4.00 e. The Bertz CT molecular complexity index is 1330. The second-order valence-electron chi connectivity index (χ2n) is 32.8. The van der Waals surface area contributed by atoms with E-state index < -0.39 is 23.9 Å². The zero-order chi connectivity index (χ0) is 76.5. The predicted octanol–water partition coefficient (Wildman–Crippen LogP) is 29.4. The molecule has 0 spiro atoms. The first-order chi connectivity index (χ1) is 51.1. The Balaban J connectivity index is -0.000000422. The van der Waals surface area contributed by atoms with Gasteiger partial charge in [0.2, 0.25) is 0 Å². The zero-order valence-corrected chi connectivity index (χ0v) is 74.4. The van der Waals surface area contributed by atoms with Crippen LogP contribution < -0.4 is 20.4 Å². The number of unbranched alkanes of at least 4 members (excludes halogenated alkanes) is 80. The summed E-state index contributed by atoms with van der Waals surface area (Å²) in [6.45, 7) is 9.14. The number of carbonyl (C=O) groups is 4. The molecule has 0 bridgehead atoms. The Labute approximate surface area is 677 Å². The standard InChI is InChI=1S/4C24H48O2.Zr/c4*1-2-3-4-5-6-7-8-9-10-11-12-13-14-15-16-17-18-19-20-21-22-23-24(25)26;/h4*2-23H2,1H3,(H,25,26);/q;;;;+4/p-4. The van der Waals surface area contributed by atoms with Crippen molar-refractivity contribution in [2.75, 3.05) is 0 Å². The fourth-order valence-electron chi connectivity index (χ4n) is 14.8. The largest absolute Gasteiger partial charge is 4.00 e. The third-order valence-electron chi connectivity index (χ3n) is 21.9. The molecule has 0 atom stereocenters. The van der Waals surface area contributed by atoms with Crippen LogP contribution in [0.25, 0.3) is 0 Å². The summed E-state index contributed by atoms with van der Waals surface area (Å²) in [6.07, 6.45) is 115. The van der Waals surface area contributed by atoms with Crippen LogP contribution in [0.4, 0.5) is 0 Å². The van der Waals surface area contributed by atoms with Crippen molar-refractivity contribution in [2.24, 2.45) is 0 Å². The third-order valence-corrected chi connectivity index (χ3v) is 21.9. The second-order valence-corrected chi connectivity index (χ2v) is 32.8. The quantitative estimate of drug-likeness (QED) is 0.0544. The molecule has 0 aliphatic heterocycles. The van der Waals surface area contributed by atoms with E-state index in [0.717, 1.165) is 51.4 Å². The van der Waals surface area contributed by atoms with Crippen LogP contribution in [-0.2, 0) is 45.4 Å². The van der Waals surface area contributed by atoms with Crippen molar-refractivity contribution in [3.8, 4) is 0 Å². The summed E-state index contributed by atoms with van der Waals surface area (Å²) in [5.74, 6) is -3.60. The Morgan fingerprint density at radius 2 is 0.181 bits per heavy atom. The van der Waals surface area contributed by atoms with Crippen molar-refractivity contribution < 1.29 is 65.8 Å². The first-order valence-corrected chi connectivity index (χ1v) is 47.9. The van der Waals surface area contributed by atoms with Gasteiger partial charge in [-0.25, -0.2) is 0 Å². The Morgan fingerprint density at radius 1 is 0.124 bits per heavy atom. The average Bonchev–Trinajstić information content (AvgIpc) is 3.67. The van der Waals surface area contributed by atoms with Crippen LogP contribution in [0.5, 0.6) is 0 Å². The molecule has 0 fully saturated rings. The van der Waals surface area contributed by atoms with Gasteiger partial charge in [-0.1, -0.05) is 541 Å². The van der Waals surface area contributed by atoms with Crippen LogP contribution in [0.1, 0.15) is 593 Å². The minimum atomic E-state index is -0.900.